The van der Waals surface area contributed by atoms with Gasteiger partial charge in [-0.15, -0.1) is 0 Å². The molecule has 0 aliphatic carbocycles. The SMILES string of the molecule is COc1cncc(OC2CCN(C(=O)NCc3ccc(OC)c(OC)c3)C2)n1. The summed E-state index contributed by atoms with van der Waals surface area (Å²) < 4.78 is 21.4. The van der Waals surface area contributed by atoms with Crippen LogP contribution < -0.4 is 24.3 Å². The second-order valence-electron chi connectivity index (χ2n) is 6.22. The van der Waals surface area contributed by atoms with Crippen LogP contribution in [0.1, 0.15) is 12.0 Å². The molecule has 2 aromatic rings. The molecule has 1 aromatic carbocycles. The van der Waals surface area contributed by atoms with E-state index in [1.165, 1.54) is 19.5 Å². The zero-order valence-corrected chi connectivity index (χ0v) is 16.2. The number of carbonyl (C=O) groups excluding carboxylic acids is 1. The van der Waals surface area contributed by atoms with Crippen LogP contribution in [0.25, 0.3) is 0 Å². The lowest BCUT2D eigenvalue weighted by Crippen LogP contribution is -2.39. The highest BCUT2D eigenvalue weighted by Crippen LogP contribution is 2.27. The fourth-order valence-electron chi connectivity index (χ4n) is 2.95. The summed E-state index contributed by atoms with van der Waals surface area (Å²) in [6, 6.07) is 5.41. The first-order valence-corrected chi connectivity index (χ1v) is 8.89. The molecule has 1 unspecified atom stereocenters. The Hall–Kier alpha value is -3.23. The van der Waals surface area contributed by atoms with Crippen molar-refractivity contribution in [2.45, 2.75) is 19.1 Å². The summed E-state index contributed by atoms with van der Waals surface area (Å²) in [4.78, 5) is 22.4. The maximum atomic E-state index is 12.4. The molecule has 0 radical (unpaired) electrons. The maximum absolute atomic E-state index is 12.4. The Morgan fingerprint density at radius 2 is 1.93 bits per heavy atom. The summed E-state index contributed by atoms with van der Waals surface area (Å²) >= 11 is 0. The number of carbonyl (C=O) groups is 1. The van der Waals surface area contributed by atoms with Crippen molar-refractivity contribution in [3.63, 3.8) is 0 Å². The molecule has 1 aliphatic rings. The molecule has 2 heterocycles. The van der Waals surface area contributed by atoms with Gasteiger partial charge < -0.3 is 29.2 Å². The number of nitrogens with zero attached hydrogens (tertiary/aromatic N) is 3. The van der Waals surface area contributed by atoms with E-state index in [9.17, 15) is 4.79 Å². The molecule has 2 amide bonds. The molecule has 3 rings (SSSR count). The highest BCUT2D eigenvalue weighted by atomic mass is 16.5. The van der Waals surface area contributed by atoms with Gasteiger partial charge in [-0.1, -0.05) is 6.07 Å². The number of ether oxygens (including phenoxy) is 4. The molecule has 1 atom stereocenters. The van der Waals surface area contributed by atoms with Crippen molar-refractivity contribution in [2.75, 3.05) is 34.4 Å². The fourth-order valence-corrected chi connectivity index (χ4v) is 2.95. The molecule has 9 nitrogen and oxygen atoms in total. The third-order valence-electron chi connectivity index (χ3n) is 4.41. The summed E-state index contributed by atoms with van der Waals surface area (Å²) in [7, 11) is 4.69. The minimum absolute atomic E-state index is 0.131. The lowest BCUT2D eigenvalue weighted by atomic mass is 10.2. The normalized spacial score (nSPS) is 15.8. The van der Waals surface area contributed by atoms with E-state index in [1.54, 1.807) is 19.1 Å². The van der Waals surface area contributed by atoms with Crippen molar-refractivity contribution in [1.29, 1.82) is 0 Å². The minimum atomic E-state index is -0.141. The molecule has 1 N–H and O–H groups in total. The van der Waals surface area contributed by atoms with Crippen LogP contribution in [-0.2, 0) is 6.54 Å². The van der Waals surface area contributed by atoms with Crippen LogP contribution in [0.2, 0.25) is 0 Å². The third-order valence-corrected chi connectivity index (χ3v) is 4.41. The monoisotopic (exact) mass is 388 g/mol. The maximum Gasteiger partial charge on any atom is 0.317 e. The van der Waals surface area contributed by atoms with Gasteiger partial charge in [-0.25, -0.2) is 4.79 Å². The van der Waals surface area contributed by atoms with Gasteiger partial charge in [0.1, 0.15) is 6.10 Å². The molecular formula is C19H24N4O5. The quantitative estimate of drug-likeness (QED) is 0.774. The first-order chi connectivity index (χ1) is 13.6. The van der Waals surface area contributed by atoms with Gasteiger partial charge in [-0.2, -0.15) is 4.98 Å². The lowest BCUT2D eigenvalue weighted by Gasteiger charge is -2.18. The topological polar surface area (TPSA) is 95.0 Å². The minimum Gasteiger partial charge on any atom is -0.493 e. The second-order valence-corrected chi connectivity index (χ2v) is 6.22. The largest absolute Gasteiger partial charge is 0.493 e. The van der Waals surface area contributed by atoms with Gasteiger partial charge in [0, 0.05) is 19.5 Å². The molecule has 28 heavy (non-hydrogen) atoms. The second kappa shape index (κ2) is 9.12. The van der Waals surface area contributed by atoms with E-state index in [-0.39, 0.29) is 12.1 Å². The van der Waals surface area contributed by atoms with Crippen LogP contribution in [0.5, 0.6) is 23.3 Å². The Kier molecular flexibility index (Phi) is 6.36. The molecule has 1 fully saturated rings. The zero-order valence-electron chi connectivity index (χ0n) is 16.2. The predicted molar refractivity (Wildman–Crippen MR) is 101 cm³/mol. The van der Waals surface area contributed by atoms with Crippen LogP contribution in [0.3, 0.4) is 0 Å². The van der Waals surface area contributed by atoms with E-state index in [1.807, 2.05) is 18.2 Å². The molecular weight excluding hydrogens is 364 g/mol. The first-order valence-electron chi connectivity index (χ1n) is 8.89. The Bertz CT molecular complexity index is 817. The lowest BCUT2D eigenvalue weighted by molar-refractivity contribution is 0.181. The van der Waals surface area contributed by atoms with E-state index in [2.05, 4.69) is 15.3 Å². The number of benzene rings is 1. The molecule has 150 valence electrons. The highest BCUT2D eigenvalue weighted by Gasteiger charge is 2.28. The van der Waals surface area contributed by atoms with Gasteiger partial charge in [0.15, 0.2) is 11.5 Å². The standard InChI is InChI=1S/C19H24N4O5/c1-25-15-5-4-13(8-16(15)26-2)9-21-19(24)23-7-6-14(12-23)28-18-11-20-10-17(22-18)27-3/h4-5,8,10-11,14H,6-7,9,12H2,1-3H3,(H,21,24). The molecule has 0 bridgehead atoms. The first kappa shape index (κ1) is 19.5. The summed E-state index contributed by atoms with van der Waals surface area (Å²) in [5, 5.41) is 2.92. The molecule has 1 aromatic heterocycles. The summed E-state index contributed by atoms with van der Waals surface area (Å²) in [5.74, 6) is 2.05. The molecule has 0 spiro atoms. The molecule has 1 saturated heterocycles. The number of likely N-dealkylation sites (tertiary alicyclic amines) is 1. The average molecular weight is 388 g/mol. The van der Waals surface area contributed by atoms with Crippen LogP contribution in [0.15, 0.2) is 30.6 Å². The van der Waals surface area contributed by atoms with E-state index in [0.29, 0.717) is 42.9 Å². The average Bonchev–Trinajstić information content (AvgIpc) is 3.20. The van der Waals surface area contributed by atoms with E-state index >= 15 is 0 Å². The summed E-state index contributed by atoms with van der Waals surface area (Å²) in [6.45, 7) is 1.49. The number of methoxy groups -OCH3 is 3. The molecule has 0 saturated carbocycles. The van der Waals surface area contributed by atoms with E-state index in [0.717, 1.165) is 12.0 Å². The number of aromatic nitrogens is 2. The van der Waals surface area contributed by atoms with Crippen molar-refractivity contribution in [1.82, 2.24) is 20.2 Å². The van der Waals surface area contributed by atoms with Crippen LogP contribution in [0, 0.1) is 0 Å². The van der Waals surface area contributed by atoms with Gasteiger partial charge >= 0.3 is 6.03 Å². The number of nitrogens with one attached hydrogen (secondary N) is 1. The van der Waals surface area contributed by atoms with Crippen molar-refractivity contribution in [3.05, 3.63) is 36.2 Å². The van der Waals surface area contributed by atoms with Crippen molar-refractivity contribution in [2.24, 2.45) is 0 Å². The zero-order chi connectivity index (χ0) is 19.9. The number of hydrogen-bond acceptors (Lipinski definition) is 7. The Morgan fingerprint density at radius 1 is 1.14 bits per heavy atom. The number of rotatable bonds is 7. The predicted octanol–water partition coefficient (Wildman–Crippen LogP) is 1.87. The van der Waals surface area contributed by atoms with Gasteiger partial charge in [-0.3, -0.25) is 4.98 Å². The smallest absolute Gasteiger partial charge is 0.317 e. The van der Waals surface area contributed by atoms with Crippen molar-refractivity contribution < 1.29 is 23.7 Å². The Morgan fingerprint density at radius 3 is 2.68 bits per heavy atom. The van der Waals surface area contributed by atoms with Crippen molar-refractivity contribution in [3.8, 4) is 23.3 Å². The van der Waals surface area contributed by atoms with Crippen molar-refractivity contribution >= 4 is 6.03 Å². The van der Waals surface area contributed by atoms with E-state index in [4.69, 9.17) is 18.9 Å². The summed E-state index contributed by atoms with van der Waals surface area (Å²) in [6.07, 6.45) is 3.63. The van der Waals surface area contributed by atoms with Crippen LogP contribution >= 0.6 is 0 Å². The van der Waals surface area contributed by atoms with Gasteiger partial charge in [0.25, 0.3) is 0 Å². The number of hydrogen-bond donors (Lipinski definition) is 1. The van der Waals surface area contributed by atoms with Gasteiger partial charge in [0.05, 0.1) is 40.3 Å². The Balaban J connectivity index is 1.50. The third kappa shape index (κ3) is 4.73. The van der Waals surface area contributed by atoms with Gasteiger partial charge in [-0.05, 0) is 17.7 Å². The molecule has 1 aliphatic heterocycles. The number of amides is 2. The van der Waals surface area contributed by atoms with E-state index < -0.39 is 0 Å². The fraction of sp³-hybridized carbons (Fsp3) is 0.421. The highest BCUT2D eigenvalue weighted by molar-refractivity contribution is 5.74. The number of urea groups is 1. The van der Waals surface area contributed by atoms with Crippen LogP contribution in [-0.4, -0.2) is 61.4 Å². The summed E-state index contributed by atoms with van der Waals surface area (Å²) in [5.41, 5.74) is 0.921. The van der Waals surface area contributed by atoms with Crippen LogP contribution in [0.4, 0.5) is 4.79 Å². The molecule has 9 heteroatoms. The van der Waals surface area contributed by atoms with Gasteiger partial charge in [0.2, 0.25) is 11.8 Å². The Labute approximate surface area is 163 Å².